The molecule has 0 aliphatic carbocycles. The number of carbonyl (C=O) groups is 2. The Hall–Kier alpha value is -2.27. The Labute approximate surface area is 139 Å². The van der Waals surface area contributed by atoms with Crippen molar-refractivity contribution in [3.63, 3.8) is 0 Å². The Bertz CT molecular complexity index is 771. The predicted octanol–water partition coefficient (Wildman–Crippen LogP) is 3.31. The Morgan fingerprint density at radius 2 is 1.78 bits per heavy atom. The molecule has 0 aromatic heterocycles. The molecule has 0 radical (unpaired) electrons. The van der Waals surface area contributed by atoms with E-state index in [9.17, 15) is 9.59 Å². The number of thioether (sulfide) groups is 1. The molecule has 2 aromatic rings. The first kappa shape index (κ1) is 15.6. The van der Waals surface area contributed by atoms with Gasteiger partial charge in [0.25, 0.3) is 0 Å². The third kappa shape index (κ3) is 3.10. The van der Waals surface area contributed by atoms with Gasteiger partial charge in [-0.05, 0) is 55.3 Å². The van der Waals surface area contributed by atoms with Gasteiger partial charge in [-0.25, -0.2) is 4.90 Å². The van der Waals surface area contributed by atoms with Crippen LogP contribution >= 0.6 is 11.8 Å². The molecule has 1 saturated heterocycles. The summed E-state index contributed by atoms with van der Waals surface area (Å²) in [6.45, 7) is 3.87. The second-order valence-electron chi connectivity index (χ2n) is 5.74. The molecule has 1 unspecified atom stereocenters. The molecule has 5 heteroatoms. The number of aryl methyl sites for hydroxylation is 2. The maximum absolute atomic E-state index is 12.7. The van der Waals surface area contributed by atoms with E-state index in [2.05, 4.69) is 0 Å². The summed E-state index contributed by atoms with van der Waals surface area (Å²) in [6.07, 6.45) is 0.223. The van der Waals surface area contributed by atoms with Crippen molar-refractivity contribution in [3.8, 4) is 0 Å². The molecule has 0 bridgehead atoms. The van der Waals surface area contributed by atoms with Crippen LogP contribution in [0, 0.1) is 13.8 Å². The molecule has 1 fully saturated rings. The number of nitrogens with two attached hydrogens (primary N) is 1. The van der Waals surface area contributed by atoms with Crippen LogP contribution in [0.1, 0.15) is 17.5 Å². The predicted molar refractivity (Wildman–Crippen MR) is 93.5 cm³/mol. The molecule has 2 aromatic carbocycles. The van der Waals surface area contributed by atoms with Crippen LogP contribution < -0.4 is 10.6 Å². The molecular weight excluding hydrogens is 308 g/mol. The van der Waals surface area contributed by atoms with Gasteiger partial charge in [0.2, 0.25) is 11.8 Å². The summed E-state index contributed by atoms with van der Waals surface area (Å²) >= 11 is 1.41. The first-order valence-electron chi connectivity index (χ1n) is 7.42. The third-order valence-electron chi connectivity index (χ3n) is 3.87. The van der Waals surface area contributed by atoms with E-state index in [-0.39, 0.29) is 23.5 Å². The Kier molecular flexibility index (Phi) is 4.13. The monoisotopic (exact) mass is 326 g/mol. The van der Waals surface area contributed by atoms with Crippen molar-refractivity contribution in [1.82, 2.24) is 0 Å². The van der Waals surface area contributed by atoms with E-state index in [0.29, 0.717) is 11.4 Å². The van der Waals surface area contributed by atoms with Crippen LogP contribution in [0.5, 0.6) is 0 Å². The molecule has 118 valence electrons. The van der Waals surface area contributed by atoms with Gasteiger partial charge in [0.1, 0.15) is 0 Å². The van der Waals surface area contributed by atoms with Gasteiger partial charge >= 0.3 is 0 Å². The van der Waals surface area contributed by atoms with E-state index in [1.807, 2.05) is 44.2 Å². The maximum Gasteiger partial charge on any atom is 0.247 e. The number of amides is 2. The van der Waals surface area contributed by atoms with Crippen LogP contribution in [0.25, 0.3) is 0 Å². The van der Waals surface area contributed by atoms with E-state index < -0.39 is 0 Å². The molecule has 23 heavy (non-hydrogen) atoms. The van der Waals surface area contributed by atoms with Crippen molar-refractivity contribution in [2.24, 2.45) is 0 Å². The number of anilines is 2. The smallest absolute Gasteiger partial charge is 0.247 e. The lowest BCUT2D eigenvalue weighted by Gasteiger charge is -2.18. The van der Waals surface area contributed by atoms with Crippen molar-refractivity contribution in [1.29, 1.82) is 0 Å². The Morgan fingerprint density at radius 1 is 1.09 bits per heavy atom. The Balaban J connectivity index is 1.85. The number of nitrogens with zero attached hydrogens (tertiary/aromatic N) is 1. The molecule has 4 nitrogen and oxygen atoms in total. The van der Waals surface area contributed by atoms with Crippen molar-refractivity contribution in [2.75, 3.05) is 10.6 Å². The van der Waals surface area contributed by atoms with Gasteiger partial charge in [-0.3, -0.25) is 9.59 Å². The normalized spacial score (nSPS) is 17.8. The summed E-state index contributed by atoms with van der Waals surface area (Å²) in [5.74, 6) is -0.290. The lowest BCUT2D eigenvalue weighted by molar-refractivity contribution is -0.121. The van der Waals surface area contributed by atoms with E-state index in [4.69, 9.17) is 5.73 Å². The topological polar surface area (TPSA) is 63.4 Å². The summed E-state index contributed by atoms with van der Waals surface area (Å²) in [5, 5.41) is -0.383. The largest absolute Gasteiger partial charge is 0.399 e. The number of hydrogen-bond acceptors (Lipinski definition) is 4. The SMILES string of the molecule is Cc1ccc(C)c(N2C(=O)CC(Sc3ccc(N)cc3)C2=O)c1. The lowest BCUT2D eigenvalue weighted by atomic mass is 10.1. The molecule has 2 amide bonds. The van der Waals surface area contributed by atoms with Crippen LogP contribution in [-0.2, 0) is 9.59 Å². The zero-order valence-corrected chi connectivity index (χ0v) is 13.9. The number of benzene rings is 2. The number of carbonyl (C=O) groups excluding carboxylic acids is 2. The van der Waals surface area contributed by atoms with Crippen LogP contribution in [0.4, 0.5) is 11.4 Å². The fourth-order valence-corrected chi connectivity index (χ4v) is 3.67. The number of rotatable bonds is 3. The van der Waals surface area contributed by atoms with Crippen LogP contribution in [0.15, 0.2) is 47.4 Å². The molecule has 1 atom stereocenters. The molecule has 1 aliphatic rings. The minimum absolute atomic E-state index is 0.142. The van der Waals surface area contributed by atoms with E-state index >= 15 is 0 Å². The van der Waals surface area contributed by atoms with Gasteiger partial charge in [-0.1, -0.05) is 12.1 Å². The second-order valence-corrected chi connectivity index (χ2v) is 7.01. The highest BCUT2D eigenvalue weighted by Crippen LogP contribution is 2.35. The number of hydrogen-bond donors (Lipinski definition) is 1. The third-order valence-corrected chi connectivity index (χ3v) is 5.07. The quantitative estimate of drug-likeness (QED) is 0.694. The van der Waals surface area contributed by atoms with Gasteiger partial charge in [0.05, 0.1) is 10.9 Å². The van der Waals surface area contributed by atoms with Crippen LogP contribution in [-0.4, -0.2) is 17.1 Å². The number of imide groups is 1. The van der Waals surface area contributed by atoms with Crippen LogP contribution in [0.2, 0.25) is 0 Å². The first-order valence-corrected chi connectivity index (χ1v) is 8.30. The summed E-state index contributed by atoms with van der Waals surface area (Å²) in [7, 11) is 0. The minimum atomic E-state index is -0.383. The fraction of sp³-hybridized carbons (Fsp3) is 0.222. The van der Waals surface area contributed by atoms with E-state index in [1.165, 1.54) is 16.7 Å². The highest BCUT2D eigenvalue weighted by molar-refractivity contribution is 8.00. The van der Waals surface area contributed by atoms with Gasteiger partial charge in [-0.2, -0.15) is 0 Å². The summed E-state index contributed by atoms with van der Waals surface area (Å²) in [6, 6.07) is 13.1. The number of nitrogen functional groups attached to an aromatic ring is 1. The van der Waals surface area contributed by atoms with Gasteiger partial charge in [0.15, 0.2) is 0 Å². The lowest BCUT2D eigenvalue weighted by Crippen LogP contribution is -2.31. The van der Waals surface area contributed by atoms with Gasteiger partial charge < -0.3 is 5.73 Å². The van der Waals surface area contributed by atoms with E-state index in [1.54, 1.807) is 12.1 Å². The van der Waals surface area contributed by atoms with Crippen molar-refractivity contribution < 1.29 is 9.59 Å². The zero-order valence-electron chi connectivity index (χ0n) is 13.1. The highest BCUT2D eigenvalue weighted by atomic mass is 32.2. The minimum Gasteiger partial charge on any atom is -0.399 e. The zero-order chi connectivity index (χ0) is 16.6. The molecular formula is C18H18N2O2S. The molecule has 1 heterocycles. The molecule has 0 spiro atoms. The van der Waals surface area contributed by atoms with Crippen molar-refractivity contribution in [3.05, 3.63) is 53.6 Å². The summed E-state index contributed by atoms with van der Waals surface area (Å²) < 4.78 is 0. The van der Waals surface area contributed by atoms with Gasteiger partial charge in [-0.15, -0.1) is 11.8 Å². The molecule has 1 aliphatic heterocycles. The average molecular weight is 326 g/mol. The summed E-state index contributed by atoms with van der Waals surface area (Å²) in [5.41, 5.74) is 9.00. The molecule has 3 rings (SSSR count). The Morgan fingerprint density at radius 3 is 2.48 bits per heavy atom. The van der Waals surface area contributed by atoms with E-state index in [0.717, 1.165) is 16.0 Å². The van der Waals surface area contributed by atoms with Crippen molar-refractivity contribution >= 4 is 35.0 Å². The first-order chi connectivity index (χ1) is 11.0. The maximum atomic E-state index is 12.7. The highest BCUT2D eigenvalue weighted by Gasteiger charge is 2.40. The summed E-state index contributed by atoms with van der Waals surface area (Å²) in [4.78, 5) is 27.4. The molecule has 0 saturated carbocycles. The van der Waals surface area contributed by atoms with Gasteiger partial charge in [0, 0.05) is 17.0 Å². The average Bonchev–Trinajstić information content (AvgIpc) is 2.78. The second kappa shape index (κ2) is 6.08. The standard InChI is InChI=1S/C18H18N2O2S/c1-11-3-4-12(2)15(9-11)20-17(21)10-16(18(20)22)23-14-7-5-13(19)6-8-14/h3-9,16H,10,19H2,1-2H3. The van der Waals surface area contributed by atoms with Crippen LogP contribution in [0.3, 0.4) is 0 Å². The fourth-order valence-electron chi connectivity index (χ4n) is 2.62. The van der Waals surface area contributed by atoms with Crippen molar-refractivity contribution in [2.45, 2.75) is 30.4 Å². The molecule has 2 N–H and O–H groups in total.